The van der Waals surface area contributed by atoms with Gasteiger partial charge in [-0.1, -0.05) is 48.0 Å². The number of anilines is 1. The van der Waals surface area contributed by atoms with Crippen LogP contribution in [0, 0.1) is 6.92 Å². The molecule has 1 aromatic heterocycles. The smallest absolute Gasteiger partial charge is 0.342 e. The molecule has 182 valence electrons. The molecule has 0 spiro atoms. The number of nitrogens with zero attached hydrogens (tertiary/aromatic N) is 2. The normalized spacial score (nSPS) is 12.8. The lowest BCUT2D eigenvalue weighted by atomic mass is 10.1. The van der Waals surface area contributed by atoms with Crippen LogP contribution in [0.5, 0.6) is 5.75 Å². The molecule has 0 atom stereocenters. The summed E-state index contributed by atoms with van der Waals surface area (Å²) in [5.41, 5.74) is 4.47. The number of hydrogen-bond donors (Lipinski definition) is 3. The van der Waals surface area contributed by atoms with Crippen molar-refractivity contribution in [3.63, 3.8) is 0 Å². The fourth-order valence-electron chi connectivity index (χ4n) is 4.10. The molecule has 36 heavy (non-hydrogen) atoms. The Morgan fingerprint density at radius 3 is 2.53 bits per heavy atom. The van der Waals surface area contributed by atoms with Crippen LogP contribution in [0.3, 0.4) is 0 Å². The molecule has 8 heteroatoms. The highest BCUT2D eigenvalue weighted by atomic mass is 35.5. The summed E-state index contributed by atoms with van der Waals surface area (Å²) < 4.78 is 1.37. The van der Waals surface area contributed by atoms with E-state index in [4.69, 9.17) is 11.6 Å². The van der Waals surface area contributed by atoms with E-state index in [0.717, 1.165) is 29.7 Å². The Kier molecular flexibility index (Phi) is 6.48. The number of phenols is 1. The van der Waals surface area contributed by atoms with Gasteiger partial charge in [-0.2, -0.15) is 9.78 Å². The second-order valence-corrected chi connectivity index (χ2v) is 9.30. The lowest BCUT2D eigenvalue weighted by molar-refractivity contribution is 0.102. The summed E-state index contributed by atoms with van der Waals surface area (Å²) in [5.74, 6) is -0.0380. The Balaban J connectivity index is 1.35. The molecule has 2 amide bonds. The Hall–Kier alpha value is -4.10. The molecule has 1 fully saturated rings. The van der Waals surface area contributed by atoms with Gasteiger partial charge in [-0.15, -0.1) is 0 Å². The van der Waals surface area contributed by atoms with Crippen LogP contribution in [0.25, 0.3) is 11.3 Å². The van der Waals surface area contributed by atoms with Gasteiger partial charge in [0.25, 0.3) is 5.91 Å². The lowest BCUT2D eigenvalue weighted by Crippen LogP contribution is -2.30. The van der Waals surface area contributed by atoms with E-state index >= 15 is 0 Å². The van der Waals surface area contributed by atoms with Crippen LogP contribution in [0.1, 0.15) is 45.9 Å². The molecule has 4 aromatic rings. The molecule has 1 aliphatic carbocycles. The van der Waals surface area contributed by atoms with E-state index < -0.39 is 0 Å². The standard InChI is InChI=1S/C28H25ClN4O3/c1-17-6-2-4-8-21(17)27(35)31-20-12-13-22(26(34)14-20)24-15-25(18-10-11-18)33(32-24)28(36)30-16-19-7-3-5-9-23(19)29/h2-9,12-15,18,34H,10-11,16H2,1H3,(H,30,36)(H,31,35). The summed E-state index contributed by atoms with van der Waals surface area (Å²) in [5, 5.41) is 21.5. The van der Waals surface area contributed by atoms with E-state index in [0.29, 0.717) is 27.5 Å². The van der Waals surface area contributed by atoms with Crippen LogP contribution >= 0.6 is 11.6 Å². The van der Waals surface area contributed by atoms with Gasteiger partial charge in [-0.3, -0.25) is 4.79 Å². The molecular formula is C28H25ClN4O3. The van der Waals surface area contributed by atoms with Gasteiger partial charge in [0.05, 0.1) is 11.4 Å². The van der Waals surface area contributed by atoms with Gasteiger partial charge >= 0.3 is 6.03 Å². The number of aryl methyl sites for hydroxylation is 1. The van der Waals surface area contributed by atoms with Crippen LogP contribution in [-0.2, 0) is 6.54 Å². The van der Waals surface area contributed by atoms with E-state index in [2.05, 4.69) is 15.7 Å². The van der Waals surface area contributed by atoms with Gasteiger partial charge < -0.3 is 15.7 Å². The third-order valence-corrected chi connectivity index (χ3v) is 6.60. The predicted molar refractivity (Wildman–Crippen MR) is 140 cm³/mol. The second kappa shape index (κ2) is 9.87. The number of amides is 2. The number of nitrogens with one attached hydrogen (secondary N) is 2. The topological polar surface area (TPSA) is 96.3 Å². The minimum absolute atomic E-state index is 0.0407. The van der Waals surface area contributed by atoms with Crippen molar-refractivity contribution < 1.29 is 14.7 Å². The third-order valence-electron chi connectivity index (χ3n) is 6.23. The van der Waals surface area contributed by atoms with Crippen molar-refractivity contribution in [3.8, 4) is 17.0 Å². The molecule has 0 radical (unpaired) electrons. The summed E-state index contributed by atoms with van der Waals surface area (Å²) in [6.45, 7) is 2.15. The van der Waals surface area contributed by atoms with Gasteiger partial charge in [0.2, 0.25) is 0 Å². The molecule has 0 unspecified atom stereocenters. The van der Waals surface area contributed by atoms with Gasteiger partial charge in [0.15, 0.2) is 0 Å². The average molecular weight is 501 g/mol. The molecule has 1 aliphatic rings. The summed E-state index contributed by atoms with van der Waals surface area (Å²) in [7, 11) is 0. The van der Waals surface area contributed by atoms with E-state index in [1.165, 1.54) is 10.7 Å². The molecule has 7 nitrogen and oxygen atoms in total. The third kappa shape index (κ3) is 4.97. The van der Waals surface area contributed by atoms with Gasteiger partial charge in [-0.05, 0) is 61.2 Å². The first kappa shape index (κ1) is 23.6. The quantitative estimate of drug-likeness (QED) is 0.298. The van der Waals surface area contributed by atoms with Crippen LogP contribution < -0.4 is 10.6 Å². The monoisotopic (exact) mass is 500 g/mol. The zero-order valence-corrected chi connectivity index (χ0v) is 20.4. The van der Waals surface area contributed by atoms with Crippen molar-refractivity contribution in [3.05, 3.63) is 100 Å². The average Bonchev–Trinajstić information content (AvgIpc) is 3.62. The zero-order valence-electron chi connectivity index (χ0n) is 19.7. The fraction of sp³-hybridized carbons (Fsp3) is 0.179. The molecule has 5 rings (SSSR count). The van der Waals surface area contributed by atoms with Crippen molar-refractivity contribution in [2.75, 3.05) is 5.32 Å². The maximum Gasteiger partial charge on any atom is 0.342 e. The molecule has 1 heterocycles. The second-order valence-electron chi connectivity index (χ2n) is 8.89. The molecule has 0 bridgehead atoms. The van der Waals surface area contributed by atoms with Crippen molar-refractivity contribution in [1.82, 2.24) is 15.1 Å². The SMILES string of the molecule is Cc1ccccc1C(=O)Nc1ccc(-c2cc(C3CC3)n(C(=O)NCc3ccccc3Cl)n2)c(O)c1. The largest absolute Gasteiger partial charge is 0.507 e. The Bertz CT molecular complexity index is 1460. The van der Waals surface area contributed by atoms with Crippen molar-refractivity contribution in [2.24, 2.45) is 0 Å². The summed E-state index contributed by atoms with van der Waals surface area (Å²) in [4.78, 5) is 25.6. The highest BCUT2D eigenvalue weighted by molar-refractivity contribution is 6.31. The number of rotatable bonds is 6. The number of halogens is 1. The van der Waals surface area contributed by atoms with Crippen LogP contribution in [-0.4, -0.2) is 26.8 Å². The summed E-state index contributed by atoms with van der Waals surface area (Å²) in [6, 6.07) is 21.0. The van der Waals surface area contributed by atoms with Gasteiger partial charge in [0, 0.05) is 40.4 Å². The van der Waals surface area contributed by atoms with Crippen LogP contribution in [0.4, 0.5) is 10.5 Å². The van der Waals surface area contributed by atoms with Crippen molar-refractivity contribution >= 4 is 29.2 Å². The number of carbonyl (C=O) groups excluding carboxylic acids is 2. The molecule has 3 aromatic carbocycles. The fourth-order valence-corrected chi connectivity index (χ4v) is 4.30. The molecule has 0 aliphatic heterocycles. The summed E-state index contributed by atoms with van der Waals surface area (Å²) >= 11 is 6.21. The Morgan fingerprint density at radius 2 is 1.81 bits per heavy atom. The maximum absolute atomic E-state index is 13.0. The number of aromatic nitrogens is 2. The number of aromatic hydroxyl groups is 1. The van der Waals surface area contributed by atoms with Crippen LogP contribution in [0.2, 0.25) is 5.02 Å². The number of benzene rings is 3. The maximum atomic E-state index is 13.0. The van der Waals surface area contributed by atoms with Crippen molar-refractivity contribution in [1.29, 1.82) is 0 Å². The Labute approximate surface area is 213 Å². The minimum atomic E-state index is -0.357. The van der Waals surface area contributed by atoms with E-state index in [-0.39, 0.29) is 30.2 Å². The summed E-state index contributed by atoms with van der Waals surface area (Å²) in [6.07, 6.45) is 1.97. The van der Waals surface area contributed by atoms with E-state index in [1.54, 1.807) is 30.3 Å². The Morgan fingerprint density at radius 1 is 1.06 bits per heavy atom. The predicted octanol–water partition coefficient (Wildman–Crippen LogP) is 6.11. The van der Waals surface area contributed by atoms with Gasteiger partial charge in [-0.25, -0.2) is 4.79 Å². The first-order chi connectivity index (χ1) is 17.4. The highest BCUT2D eigenvalue weighted by Gasteiger charge is 2.30. The minimum Gasteiger partial charge on any atom is -0.507 e. The molecule has 1 saturated carbocycles. The van der Waals surface area contributed by atoms with Crippen molar-refractivity contribution in [2.45, 2.75) is 32.2 Å². The van der Waals surface area contributed by atoms with E-state index in [1.807, 2.05) is 43.3 Å². The number of hydrogen-bond acceptors (Lipinski definition) is 4. The first-order valence-electron chi connectivity index (χ1n) is 11.7. The number of phenolic OH excluding ortho intramolecular Hbond substituents is 1. The molecular weight excluding hydrogens is 476 g/mol. The first-order valence-corrected chi connectivity index (χ1v) is 12.1. The van der Waals surface area contributed by atoms with Gasteiger partial charge in [0.1, 0.15) is 5.75 Å². The molecule has 0 saturated heterocycles. The number of carbonyl (C=O) groups is 2. The highest BCUT2D eigenvalue weighted by Crippen LogP contribution is 2.42. The molecule has 3 N–H and O–H groups in total. The van der Waals surface area contributed by atoms with E-state index in [9.17, 15) is 14.7 Å². The van der Waals surface area contributed by atoms with Crippen LogP contribution in [0.15, 0.2) is 72.8 Å². The zero-order chi connectivity index (χ0) is 25.2. The lowest BCUT2D eigenvalue weighted by Gasteiger charge is -2.10.